The van der Waals surface area contributed by atoms with E-state index in [1.54, 1.807) is 0 Å². The summed E-state index contributed by atoms with van der Waals surface area (Å²) in [7, 11) is -0.724. The van der Waals surface area contributed by atoms with E-state index in [9.17, 15) is 13.2 Å². The van der Waals surface area contributed by atoms with Gasteiger partial charge in [-0.05, 0) is 38.0 Å². The molecule has 1 saturated heterocycles. The van der Waals surface area contributed by atoms with Crippen LogP contribution in [0.1, 0.15) is 19.8 Å². The molecule has 0 bridgehead atoms. The average molecular weight is 371 g/mol. The molecule has 25 heavy (non-hydrogen) atoms. The molecule has 0 saturated carbocycles. The van der Waals surface area contributed by atoms with Crippen molar-refractivity contribution in [2.45, 2.75) is 36.9 Å². The van der Waals surface area contributed by atoms with Crippen molar-refractivity contribution in [3.63, 3.8) is 0 Å². The Morgan fingerprint density at radius 2 is 2.12 bits per heavy atom. The molecule has 2 rings (SSSR count). The van der Waals surface area contributed by atoms with Gasteiger partial charge in [-0.2, -0.15) is 0 Å². The van der Waals surface area contributed by atoms with Crippen LogP contribution in [0.25, 0.3) is 0 Å². The molecule has 1 aliphatic heterocycles. The maximum absolute atomic E-state index is 12.4. The molecule has 0 unspecified atom stereocenters. The topological polar surface area (TPSA) is 111 Å². The molecular weight excluding hydrogens is 346 g/mol. The first-order valence-corrected chi connectivity index (χ1v) is 9.59. The van der Waals surface area contributed by atoms with Gasteiger partial charge in [0.1, 0.15) is 11.9 Å². The van der Waals surface area contributed by atoms with Crippen LogP contribution in [0, 0.1) is 0 Å². The fourth-order valence-corrected chi connectivity index (χ4v) is 3.47. The van der Waals surface area contributed by atoms with Crippen molar-refractivity contribution in [1.82, 2.24) is 4.31 Å². The van der Waals surface area contributed by atoms with E-state index in [-0.39, 0.29) is 16.9 Å². The van der Waals surface area contributed by atoms with Crippen LogP contribution in [0.2, 0.25) is 0 Å². The molecule has 2 atom stereocenters. The van der Waals surface area contributed by atoms with Gasteiger partial charge in [0.05, 0.1) is 23.3 Å². The number of carbonyl (C=O) groups is 1. The van der Waals surface area contributed by atoms with Gasteiger partial charge in [0.15, 0.2) is 0 Å². The molecule has 1 heterocycles. The highest BCUT2D eigenvalue weighted by atomic mass is 32.2. The minimum absolute atomic E-state index is 0.0726. The Labute approximate surface area is 148 Å². The van der Waals surface area contributed by atoms with E-state index in [0.717, 1.165) is 10.7 Å². The molecule has 0 aliphatic carbocycles. The monoisotopic (exact) mass is 371 g/mol. The summed E-state index contributed by atoms with van der Waals surface area (Å²) in [6, 6.07) is 4.38. The predicted octanol–water partition coefficient (Wildman–Crippen LogP) is 0.780. The molecule has 1 aromatic rings. The summed E-state index contributed by atoms with van der Waals surface area (Å²) in [5.41, 5.74) is 5.86. The fraction of sp³-hybridized carbons (Fsp3) is 0.562. The van der Waals surface area contributed by atoms with Gasteiger partial charge < -0.3 is 20.5 Å². The van der Waals surface area contributed by atoms with Gasteiger partial charge in [0, 0.05) is 20.6 Å². The van der Waals surface area contributed by atoms with Gasteiger partial charge in [-0.3, -0.25) is 4.79 Å². The van der Waals surface area contributed by atoms with Crippen LogP contribution in [-0.4, -0.2) is 58.1 Å². The van der Waals surface area contributed by atoms with Gasteiger partial charge in [-0.1, -0.05) is 0 Å². The molecule has 0 radical (unpaired) electrons. The summed E-state index contributed by atoms with van der Waals surface area (Å²) in [4.78, 5) is 12.5. The second-order valence-corrected chi connectivity index (χ2v) is 8.08. The zero-order valence-electron chi connectivity index (χ0n) is 14.7. The molecule has 1 aliphatic rings. The quantitative estimate of drug-likeness (QED) is 0.733. The highest BCUT2D eigenvalue weighted by Gasteiger charge is 2.30. The van der Waals surface area contributed by atoms with Crippen molar-refractivity contribution in [3.05, 3.63) is 18.2 Å². The molecule has 0 spiro atoms. The summed E-state index contributed by atoms with van der Waals surface area (Å²) >= 11 is 0. The van der Waals surface area contributed by atoms with Gasteiger partial charge >= 0.3 is 0 Å². The minimum Gasteiger partial charge on any atom is -0.492 e. The molecule has 1 amide bonds. The second kappa shape index (κ2) is 8.13. The molecular formula is C16H25N3O5S. The maximum Gasteiger partial charge on any atom is 0.253 e. The molecule has 0 aromatic heterocycles. The zero-order valence-corrected chi connectivity index (χ0v) is 15.5. The van der Waals surface area contributed by atoms with Gasteiger partial charge in [0.25, 0.3) is 5.91 Å². The standard InChI is InChI=1S/C16H25N3O5S/c1-4-23-14-8-6-12(25(21,22)19(2)3)9-13(14)18-16(20)15-7-5-11(10-17)24-15/h6,8-9,11,15H,4-5,7,10,17H2,1-3H3,(H,18,20)/t11-,15+/m1/s1. The minimum atomic E-state index is -3.62. The lowest BCUT2D eigenvalue weighted by molar-refractivity contribution is -0.126. The van der Waals surface area contributed by atoms with Gasteiger partial charge in [0.2, 0.25) is 10.0 Å². The van der Waals surface area contributed by atoms with E-state index in [2.05, 4.69) is 5.32 Å². The number of nitrogens with two attached hydrogens (primary N) is 1. The van der Waals surface area contributed by atoms with Crippen LogP contribution in [0.4, 0.5) is 5.69 Å². The molecule has 3 N–H and O–H groups in total. The smallest absolute Gasteiger partial charge is 0.253 e. The Balaban J connectivity index is 2.26. The molecule has 8 nitrogen and oxygen atoms in total. The van der Waals surface area contributed by atoms with E-state index in [0.29, 0.717) is 31.0 Å². The number of ether oxygens (including phenoxy) is 2. The Kier molecular flexibility index (Phi) is 6.39. The lowest BCUT2D eigenvalue weighted by Gasteiger charge is -2.17. The van der Waals surface area contributed by atoms with Crippen molar-refractivity contribution < 1.29 is 22.7 Å². The van der Waals surface area contributed by atoms with Crippen molar-refractivity contribution in [3.8, 4) is 5.75 Å². The Morgan fingerprint density at radius 1 is 1.40 bits per heavy atom. The largest absolute Gasteiger partial charge is 0.492 e. The van der Waals surface area contributed by atoms with Crippen molar-refractivity contribution in [1.29, 1.82) is 0 Å². The summed E-state index contributed by atoms with van der Waals surface area (Å²) < 4.78 is 36.8. The Bertz CT molecular complexity index is 720. The number of hydrogen-bond acceptors (Lipinski definition) is 6. The van der Waals surface area contributed by atoms with Crippen LogP contribution in [0.3, 0.4) is 0 Å². The summed E-state index contributed by atoms with van der Waals surface area (Å²) in [5, 5.41) is 2.72. The van der Waals surface area contributed by atoms with E-state index in [1.807, 2.05) is 6.92 Å². The number of nitrogens with zero attached hydrogens (tertiary/aromatic N) is 1. The summed E-state index contributed by atoms with van der Waals surface area (Å²) in [6.45, 7) is 2.56. The molecule has 140 valence electrons. The summed E-state index contributed by atoms with van der Waals surface area (Å²) in [6.07, 6.45) is 0.578. The Hall–Kier alpha value is -1.68. The highest BCUT2D eigenvalue weighted by molar-refractivity contribution is 7.89. The Morgan fingerprint density at radius 3 is 2.68 bits per heavy atom. The first-order chi connectivity index (χ1) is 11.8. The third kappa shape index (κ3) is 4.49. The average Bonchev–Trinajstić information content (AvgIpc) is 3.05. The third-order valence-corrected chi connectivity index (χ3v) is 5.76. The van der Waals surface area contributed by atoms with Gasteiger partial charge in [-0.25, -0.2) is 12.7 Å². The van der Waals surface area contributed by atoms with Gasteiger partial charge in [-0.15, -0.1) is 0 Å². The van der Waals surface area contributed by atoms with Crippen LogP contribution in [0.15, 0.2) is 23.1 Å². The van der Waals surface area contributed by atoms with Crippen molar-refractivity contribution in [2.75, 3.05) is 32.6 Å². The zero-order chi connectivity index (χ0) is 18.6. The number of carbonyl (C=O) groups excluding carboxylic acids is 1. The van der Waals surface area contributed by atoms with E-state index >= 15 is 0 Å². The van der Waals surface area contributed by atoms with Crippen molar-refractivity contribution >= 4 is 21.6 Å². The molecule has 1 fully saturated rings. The van der Waals surface area contributed by atoms with Crippen LogP contribution in [0.5, 0.6) is 5.75 Å². The number of rotatable bonds is 7. The normalized spacial score (nSPS) is 20.7. The summed E-state index contributed by atoms with van der Waals surface area (Å²) in [5.74, 6) is 0.0678. The molecule has 9 heteroatoms. The number of amides is 1. The number of anilines is 1. The van der Waals surface area contributed by atoms with Crippen molar-refractivity contribution in [2.24, 2.45) is 5.73 Å². The van der Waals surface area contributed by atoms with Crippen LogP contribution >= 0.6 is 0 Å². The number of sulfonamides is 1. The van der Waals surface area contributed by atoms with Crippen LogP contribution in [-0.2, 0) is 19.6 Å². The fourth-order valence-electron chi connectivity index (χ4n) is 2.54. The SMILES string of the molecule is CCOc1ccc(S(=O)(=O)N(C)C)cc1NC(=O)[C@@H]1CC[C@H](CN)O1. The lowest BCUT2D eigenvalue weighted by atomic mass is 10.2. The lowest BCUT2D eigenvalue weighted by Crippen LogP contribution is -2.30. The van der Waals surface area contributed by atoms with E-state index in [1.165, 1.54) is 32.3 Å². The number of hydrogen-bond donors (Lipinski definition) is 2. The maximum atomic E-state index is 12.4. The number of nitrogens with one attached hydrogen (secondary N) is 1. The third-order valence-electron chi connectivity index (χ3n) is 3.95. The van der Waals surface area contributed by atoms with E-state index in [4.69, 9.17) is 15.2 Å². The highest BCUT2D eigenvalue weighted by Crippen LogP contribution is 2.30. The first kappa shape index (κ1) is 19.6. The second-order valence-electron chi connectivity index (χ2n) is 5.93. The molecule has 1 aromatic carbocycles. The van der Waals surface area contributed by atoms with E-state index < -0.39 is 16.1 Å². The number of benzene rings is 1. The predicted molar refractivity (Wildman–Crippen MR) is 94.1 cm³/mol. The van der Waals surface area contributed by atoms with Crippen LogP contribution < -0.4 is 15.8 Å². The first-order valence-electron chi connectivity index (χ1n) is 8.15.